The van der Waals surface area contributed by atoms with E-state index in [1.807, 2.05) is 20.8 Å². The predicted octanol–water partition coefficient (Wildman–Crippen LogP) is 3.40. The molecule has 0 N–H and O–H groups in total. The molecule has 5 nitrogen and oxygen atoms in total. The van der Waals surface area contributed by atoms with E-state index in [0.717, 1.165) is 3.70 Å². The zero-order valence-corrected chi connectivity index (χ0v) is 14.8. The number of carbonyl (C=O) groups is 1. The van der Waals surface area contributed by atoms with E-state index in [0.29, 0.717) is 19.0 Å². The van der Waals surface area contributed by atoms with E-state index in [9.17, 15) is 4.79 Å². The van der Waals surface area contributed by atoms with Crippen LogP contribution >= 0.6 is 22.6 Å². The summed E-state index contributed by atoms with van der Waals surface area (Å²) < 4.78 is 8.43. The Hall–Kier alpha value is -0.790. The van der Waals surface area contributed by atoms with Gasteiger partial charge in [0.2, 0.25) is 0 Å². The molecule has 1 amide bonds. The molecule has 0 bridgehead atoms. The van der Waals surface area contributed by atoms with Crippen molar-refractivity contribution in [2.24, 2.45) is 0 Å². The predicted molar refractivity (Wildman–Crippen MR) is 85.9 cm³/mol. The minimum atomic E-state index is -0.438. The van der Waals surface area contributed by atoms with Gasteiger partial charge in [-0.15, -0.1) is 0 Å². The lowest BCUT2D eigenvalue weighted by Gasteiger charge is -2.40. The topological polar surface area (TPSA) is 47.4 Å². The lowest BCUT2D eigenvalue weighted by Crippen LogP contribution is -2.52. The molecule has 1 aromatic heterocycles. The summed E-state index contributed by atoms with van der Waals surface area (Å²) in [4.78, 5) is 13.6. The molecule has 0 spiro atoms. The number of amides is 1. The Morgan fingerprint density at radius 2 is 2.05 bits per heavy atom. The van der Waals surface area contributed by atoms with Crippen molar-refractivity contribution in [1.29, 1.82) is 0 Å². The zero-order chi connectivity index (χ0) is 15.1. The Balaban J connectivity index is 1.98. The van der Waals surface area contributed by atoms with E-state index in [1.54, 1.807) is 4.90 Å². The van der Waals surface area contributed by atoms with Gasteiger partial charge in [-0.1, -0.05) is 13.8 Å². The van der Waals surface area contributed by atoms with Crippen molar-refractivity contribution >= 4 is 28.7 Å². The monoisotopic (exact) mass is 391 g/mol. The molecule has 1 aromatic rings. The molecule has 6 heteroatoms. The Labute approximate surface area is 133 Å². The molecule has 112 valence electrons. The van der Waals surface area contributed by atoms with Gasteiger partial charge in [0.05, 0.1) is 6.04 Å². The quantitative estimate of drug-likeness (QED) is 0.727. The van der Waals surface area contributed by atoms with Crippen molar-refractivity contribution < 1.29 is 9.53 Å². The molecule has 2 heterocycles. The third-order valence-electron chi connectivity index (χ3n) is 3.19. The molecular weight excluding hydrogens is 369 g/mol. The lowest BCUT2D eigenvalue weighted by atomic mass is 10.1. The fraction of sp³-hybridized carbons (Fsp3) is 0.714. The van der Waals surface area contributed by atoms with Crippen LogP contribution in [0.25, 0.3) is 0 Å². The number of hydrogen-bond acceptors (Lipinski definition) is 3. The first-order chi connectivity index (χ1) is 9.17. The summed E-state index contributed by atoms with van der Waals surface area (Å²) >= 11 is 2.23. The number of hydrogen-bond donors (Lipinski definition) is 0. The molecule has 0 radical (unpaired) electrons. The molecule has 0 aliphatic carbocycles. The second-order valence-corrected chi connectivity index (χ2v) is 7.64. The molecule has 2 rings (SSSR count). The van der Waals surface area contributed by atoms with Crippen molar-refractivity contribution in [1.82, 2.24) is 14.7 Å². The van der Waals surface area contributed by atoms with Gasteiger partial charge in [-0.05, 0) is 55.3 Å². The summed E-state index contributed by atoms with van der Waals surface area (Å²) in [7, 11) is 0. The third-order valence-corrected chi connectivity index (χ3v) is 3.71. The number of halogens is 1. The van der Waals surface area contributed by atoms with E-state index in [1.165, 1.54) is 5.69 Å². The van der Waals surface area contributed by atoms with E-state index in [2.05, 4.69) is 52.3 Å². The third kappa shape index (κ3) is 3.45. The first-order valence-corrected chi connectivity index (χ1v) is 7.98. The molecular formula is C14H22IN3O2. The highest BCUT2D eigenvalue weighted by molar-refractivity contribution is 14.1. The number of nitrogens with zero attached hydrogens (tertiary/aromatic N) is 3. The summed E-state index contributed by atoms with van der Waals surface area (Å²) in [5.41, 5.74) is 0.787. The van der Waals surface area contributed by atoms with Crippen molar-refractivity contribution in [2.45, 2.75) is 52.2 Å². The molecule has 1 fully saturated rings. The van der Waals surface area contributed by atoms with Crippen LogP contribution in [0.3, 0.4) is 0 Å². The summed E-state index contributed by atoms with van der Waals surface area (Å²) in [5.74, 6) is 0.432. The van der Waals surface area contributed by atoms with Crippen LogP contribution < -0.4 is 0 Å². The van der Waals surface area contributed by atoms with Crippen LogP contribution in [-0.2, 0) is 4.74 Å². The average molecular weight is 391 g/mol. The van der Waals surface area contributed by atoms with Gasteiger partial charge in [0.25, 0.3) is 0 Å². The standard InChI is InChI=1S/C14H22IN3O2/c1-9(2)11-6-12(15)16-18(11)10-7-17(8-10)13(19)20-14(3,4)5/h6,9-10H,7-8H2,1-5H3. The second-order valence-electron chi connectivity index (χ2n) is 6.53. The van der Waals surface area contributed by atoms with Crippen LogP contribution in [-0.4, -0.2) is 39.5 Å². The van der Waals surface area contributed by atoms with E-state index in [4.69, 9.17) is 4.74 Å². The zero-order valence-electron chi connectivity index (χ0n) is 12.7. The van der Waals surface area contributed by atoms with Gasteiger partial charge in [0, 0.05) is 18.8 Å². The van der Waals surface area contributed by atoms with Crippen molar-refractivity contribution in [3.63, 3.8) is 0 Å². The number of rotatable bonds is 2. The van der Waals surface area contributed by atoms with Crippen LogP contribution in [0.4, 0.5) is 4.79 Å². The van der Waals surface area contributed by atoms with Crippen LogP contribution in [0, 0.1) is 3.70 Å². The van der Waals surface area contributed by atoms with E-state index >= 15 is 0 Å². The normalized spacial score (nSPS) is 16.4. The summed E-state index contributed by atoms with van der Waals surface area (Å²) in [6.07, 6.45) is -0.235. The summed E-state index contributed by atoms with van der Waals surface area (Å²) in [6, 6.07) is 2.38. The van der Waals surface area contributed by atoms with Gasteiger partial charge in [-0.3, -0.25) is 4.68 Å². The molecule has 1 aliphatic rings. The van der Waals surface area contributed by atoms with Crippen LogP contribution in [0.2, 0.25) is 0 Å². The second kappa shape index (κ2) is 5.54. The Kier molecular flexibility index (Phi) is 4.32. The summed E-state index contributed by atoms with van der Waals surface area (Å²) in [6.45, 7) is 11.3. The molecule has 1 aliphatic heterocycles. The summed E-state index contributed by atoms with van der Waals surface area (Å²) in [5, 5.41) is 4.55. The number of carbonyl (C=O) groups excluding carboxylic acids is 1. The minimum Gasteiger partial charge on any atom is -0.444 e. The molecule has 1 saturated heterocycles. The van der Waals surface area contributed by atoms with Gasteiger partial charge in [-0.25, -0.2) is 4.79 Å². The van der Waals surface area contributed by atoms with Crippen molar-refractivity contribution in [3.05, 3.63) is 15.5 Å². The average Bonchev–Trinajstić information content (AvgIpc) is 2.55. The highest BCUT2D eigenvalue weighted by atomic mass is 127. The highest BCUT2D eigenvalue weighted by Crippen LogP contribution is 2.28. The fourth-order valence-corrected chi connectivity index (χ4v) is 2.74. The van der Waals surface area contributed by atoms with Crippen molar-refractivity contribution in [2.75, 3.05) is 13.1 Å². The van der Waals surface area contributed by atoms with Gasteiger partial charge in [0.1, 0.15) is 9.30 Å². The highest BCUT2D eigenvalue weighted by Gasteiger charge is 2.36. The SMILES string of the molecule is CC(C)c1cc(I)nn1C1CN(C(=O)OC(C)(C)C)C1. The van der Waals surface area contributed by atoms with Gasteiger partial charge in [0.15, 0.2) is 0 Å². The first kappa shape index (κ1) is 15.6. The van der Waals surface area contributed by atoms with Crippen LogP contribution in [0.1, 0.15) is 52.3 Å². The Bertz CT molecular complexity index is 499. The smallest absolute Gasteiger partial charge is 0.410 e. The maximum atomic E-state index is 11.9. The first-order valence-electron chi connectivity index (χ1n) is 6.90. The van der Waals surface area contributed by atoms with Gasteiger partial charge in [-0.2, -0.15) is 5.10 Å². The number of ether oxygens (including phenoxy) is 1. The maximum absolute atomic E-state index is 11.9. The largest absolute Gasteiger partial charge is 0.444 e. The lowest BCUT2D eigenvalue weighted by molar-refractivity contribution is -0.000863. The van der Waals surface area contributed by atoms with Crippen LogP contribution in [0.5, 0.6) is 0 Å². The van der Waals surface area contributed by atoms with E-state index in [-0.39, 0.29) is 12.1 Å². The van der Waals surface area contributed by atoms with E-state index < -0.39 is 5.60 Å². The van der Waals surface area contributed by atoms with Gasteiger partial charge >= 0.3 is 6.09 Å². The molecule has 0 atom stereocenters. The Morgan fingerprint density at radius 1 is 1.45 bits per heavy atom. The number of aromatic nitrogens is 2. The minimum absolute atomic E-state index is 0.235. The molecule has 20 heavy (non-hydrogen) atoms. The molecule has 0 unspecified atom stereocenters. The van der Waals surface area contributed by atoms with Crippen LogP contribution in [0.15, 0.2) is 6.07 Å². The fourth-order valence-electron chi connectivity index (χ4n) is 2.19. The van der Waals surface area contributed by atoms with Gasteiger partial charge < -0.3 is 9.64 Å². The number of likely N-dealkylation sites (tertiary alicyclic amines) is 1. The maximum Gasteiger partial charge on any atom is 0.410 e. The molecule has 0 saturated carbocycles. The Morgan fingerprint density at radius 3 is 2.55 bits per heavy atom. The van der Waals surface area contributed by atoms with Crippen molar-refractivity contribution in [3.8, 4) is 0 Å². The molecule has 0 aromatic carbocycles.